The highest BCUT2D eigenvalue weighted by atomic mass is 15.2. The van der Waals surface area contributed by atoms with E-state index in [-0.39, 0.29) is 0 Å². The summed E-state index contributed by atoms with van der Waals surface area (Å²) in [5.74, 6) is 0.702. The predicted molar refractivity (Wildman–Crippen MR) is 69.6 cm³/mol. The van der Waals surface area contributed by atoms with E-state index in [1.807, 2.05) is 6.08 Å². The van der Waals surface area contributed by atoms with Gasteiger partial charge in [0, 0.05) is 24.7 Å². The van der Waals surface area contributed by atoms with Crippen molar-refractivity contribution in [3.05, 3.63) is 12.7 Å². The van der Waals surface area contributed by atoms with Crippen molar-refractivity contribution in [2.45, 2.75) is 57.7 Å². The maximum Gasteiger partial charge on any atom is 0.0250 e. The van der Waals surface area contributed by atoms with Crippen LogP contribution >= 0.6 is 0 Å². The number of rotatable bonds is 5. The molecule has 0 aromatic carbocycles. The average Bonchev–Trinajstić information content (AvgIpc) is 2.83. The molecule has 2 nitrogen and oxygen atoms in total. The smallest absolute Gasteiger partial charge is 0.0250 e. The Kier molecular flexibility index (Phi) is 4.04. The third-order valence-electron chi connectivity index (χ3n) is 4.47. The van der Waals surface area contributed by atoms with E-state index < -0.39 is 0 Å². The fourth-order valence-electron chi connectivity index (χ4n) is 3.25. The lowest BCUT2D eigenvalue weighted by atomic mass is 9.97. The molecule has 0 bridgehead atoms. The van der Waals surface area contributed by atoms with Crippen molar-refractivity contribution >= 4 is 0 Å². The number of allylic oxidation sites excluding steroid dienone is 1. The highest BCUT2D eigenvalue weighted by molar-refractivity contribution is 4.97. The molecular weight excluding hydrogens is 196 g/mol. The van der Waals surface area contributed by atoms with Crippen molar-refractivity contribution < 1.29 is 0 Å². The Morgan fingerprint density at radius 1 is 1.38 bits per heavy atom. The SMILES string of the molecule is C=CCC(C)C(C)NC1CCN2CCCC12. The van der Waals surface area contributed by atoms with Gasteiger partial charge in [-0.2, -0.15) is 0 Å². The summed E-state index contributed by atoms with van der Waals surface area (Å²) in [6.45, 7) is 11.1. The fraction of sp³-hybridized carbons (Fsp3) is 0.857. The molecule has 0 aromatic heterocycles. The summed E-state index contributed by atoms with van der Waals surface area (Å²) in [5, 5.41) is 3.85. The maximum atomic E-state index is 3.85. The van der Waals surface area contributed by atoms with Gasteiger partial charge in [0.2, 0.25) is 0 Å². The second-order valence-corrected chi connectivity index (χ2v) is 5.60. The zero-order chi connectivity index (χ0) is 11.5. The van der Waals surface area contributed by atoms with Crippen LogP contribution in [0.2, 0.25) is 0 Å². The van der Waals surface area contributed by atoms with E-state index in [1.54, 1.807) is 0 Å². The van der Waals surface area contributed by atoms with E-state index in [0.29, 0.717) is 12.0 Å². The second kappa shape index (κ2) is 5.33. The minimum Gasteiger partial charge on any atom is -0.310 e. The number of nitrogens with one attached hydrogen (secondary N) is 1. The first kappa shape index (κ1) is 12.1. The third-order valence-corrected chi connectivity index (χ3v) is 4.47. The third kappa shape index (κ3) is 2.49. The zero-order valence-electron chi connectivity index (χ0n) is 10.8. The quantitative estimate of drug-likeness (QED) is 0.719. The first-order valence-corrected chi connectivity index (χ1v) is 6.83. The average molecular weight is 222 g/mol. The molecule has 2 heteroatoms. The molecular formula is C14H26N2. The van der Waals surface area contributed by atoms with E-state index in [9.17, 15) is 0 Å². The summed E-state index contributed by atoms with van der Waals surface area (Å²) < 4.78 is 0. The summed E-state index contributed by atoms with van der Waals surface area (Å²) >= 11 is 0. The summed E-state index contributed by atoms with van der Waals surface area (Å²) in [4.78, 5) is 2.67. The maximum absolute atomic E-state index is 3.85. The Morgan fingerprint density at radius 2 is 2.19 bits per heavy atom. The molecule has 2 saturated heterocycles. The van der Waals surface area contributed by atoms with Crippen LogP contribution in [0.1, 0.15) is 39.5 Å². The van der Waals surface area contributed by atoms with E-state index >= 15 is 0 Å². The lowest BCUT2D eigenvalue weighted by Crippen LogP contribution is -2.45. The van der Waals surface area contributed by atoms with E-state index in [0.717, 1.165) is 18.5 Å². The fourth-order valence-corrected chi connectivity index (χ4v) is 3.25. The molecule has 4 unspecified atom stereocenters. The van der Waals surface area contributed by atoms with Gasteiger partial charge in [0.05, 0.1) is 0 Å². The monoisotopic (exact) mass is 222 g/mol. The number of hydrogen-bond donors (Lipinski definition) is 1. The highest BCUT2D eigenvalue weighted by Gasteiger charge is 2.37. The molecule has 2 rings (SSSR count). The largest absolute Gasteiger partial charge is 0.310 e. The zero-order valence-corrected chi connectivity index (χ0v) is 10.8. The Labute approximate surface area is 100 Å². The van der Waals surface area contributed by atoms with Crippen LogP contribution in [0, 0.1) is 5.92 Å². The first-order valence-electron chi connectivity index (χ1n) is 6.83. The van der Waals surface area contributed by atoms with Crippen LogP contribution in [0.5, 0.6) is 0 Å². The molecule has 2 aliphatic heterocycles. The van der Waals surface area contributed by atoms with Gasteiger partial charge in [-0.15, -0.1) is 6.58 Å². The lowest BCUT2D eigenvalue weighted by Gasteiger charge is -2.28. The Morgan fingerprint density at radius 3 is 2.94 bits per heavy atom. The molecule has 1 N–H and O–H groups in total. The van der Waals surface area contributed by atoms with Crippen molar-refractivity contribution in [2.24, 2.45) is 5.92 Å². The molecule has 0 spiro atoms. The van der Waals surface area contributed by atoms with Crippen molar-refractivity contribution in [3.63, 3.8) is 0 Å². The van der Waals surface area contributed by atoms with Crippen LogP contribution in [0.15, 0.2) is 12.7 Å². The van der Waals surface area contributed by atoms with Crippen LogP contribution in [-0.4, -0.2) is 36.1 Å². The molecule has 92 valence electrons. The van der Waals surface area contributed by atoms with Gasteiger partial charge in [-0.1, -0.05) is 13.0 Å². The number of fused-ring (bicyclic) bond motifs is 1. The summed E-state index contributed by atoms with van der Waals surface area (Å²) in [7, 11) is 0. The van der Waals surface area contributed by atoms with Gasteiger partial charge >= 0.3 is 0 Å². The summed E-state index contributed by atoms with van der Waals surface area (Å²) in [6, 6.07) is 2.19. The molecule has 16 heavy (non-hydrogen) atoms. The lowest BCUT2D eigenvalue weighted by molar-refractivity contribution is 0.275. The number of hydrogen-bond acceptors (Lipinski definition) is 2. The Balaban J connectivity index is 1.82. The molecule has 2 heterocycles. The van der Waals surface area contributed by atoms with Gasteiger partial charge in [0.25, 0.3) is 0 Å². The van der Waals surface area contributed by atoms with Gasteiger partial charge in [-0.25, -0.2) is 0 Å². The first-order chi connectivity index (χ1) is 7.72. The number of nitrogens with zero attached hydrogens (tertiary/aromatic N) is 1. The molecule has 2 aliphatic rings. The van der Waals surface area contributed by atoms with E-state index in [2.05, 4.69) is 30.6 Å². The van der Waals surface area contributed by atoms with Crippen LogP contribution in [0.3, 0.4) is 0 Å². The molecule has 4 atom stereocenters. The molecule has 0 saturated carbocycles. The molecule has 0 aliphatic carbocycles. The van der Waals surface area contributed by atoms with Crippen molar-refractivity contribution in [1.82, 2.24) is 10.2 Å². The van der Waals surface area contributed by atoms with Crippen LogP contribution < -0.4 is 5.32 Å². The van der Waals surface area contributed by atoms with E-state index in [4.69, 9.17) is 0 Å². The van der Waals surface area contributed by atoms with Gasteiger partial charge in [-0.05, 0) is 45.1 Å². The topological polar surface area (TPSA) is 15.3 Å². The normalized spacial score (nSPS) is 33.6. The van der Waals surface area contributed by atoms with Crippen LogP contribution in [0.4, 0.5) is 0 Å². The second-order valence-electron chi connectivity index (χ2n) is 5.60. The minimum absolute atomic E-state index is 0.614. The Bertz CT molecular complexity index is 239. The van der Waals surface area contributed by atoms with E-state index in [1.165, 1.54) is 32.4 Å². The van der Waals surface area contributed by atoms with Gasteiger partial charge < -0.3 is 5.32 Å². The Hall–Kier alpha value is -0.340. The van der Waals surface area contributed by atoms with Crippen molar-refractivity contribution in [3.8, 4) is 0 Å². The molecule has 0 radical (unpaired) electrons. The van der Waals surface area contributed by atoms with Crippen molar-refractivity contribution in [2.75, 3.05) is 13.1 Å². The molecule has 0 aromatic rings. The summed E-state index contributed by atoms with van der Waals surface area (Å²) in [5.41, 5.74) is 0. The van der Waals surface area contributed by atoms with Gasteiger partial charge in [-0.3, -0.25) is 4.90 Å². The summed E-state index contributed by atoms with van der Waals surface area (Å²) in [6.07, 6.45) is 7.31. The van der Waals surface area contributed by atoms with Crippen molar-refractivity contribution in [1.29, 1.82) is 0 Å². The van der Waals surface area contributed by atoms with Crippen LogP contribution in [0.25, 0.3) is 0 Å². The van der Waals surface area contributed by atoms with Crippen LogP contribution in [-0.2, 0) is 0 Å². The predicted octanol–water partition coefficient (Wildman–Crippen LogP) is 2.41. The standard InChI is InChI=1S/C14H26N2/c1-4-6-11(2)12(3)15-13-8-10-16-9-5-7-14(13)16/h4,11-15H,1,5-10H2,2-3H3. The van der Waals surface area contributed by atoms with Gasteiger partial charge in [0.1, 0.15) is 0 Å². The molecule has 0 amide bonds. The molecule has 2 fully saturated rings. The van der Waals surface area contributed by atoms with Gasteiger partial charge in [0.15, 0.2) is 0 Å². The minimum atomic E-state index is 0.614. The highest BCUT2D eigenvalue weighted by Crippen LogP contribution is 2.28.